The number of hydrogen-bond donors (Lipinski definition) is 2. The Labute approximate surface area is 136 Å². The number of urea groups is 1. The monoisotopic (exact) mass is 321 g/mol. The molecule has 8 heteroatoms. The summed E-state index contributed by atoms with van der Waals surface area (Å²) in [6, 6.07) is 1.18. The topological polar surface area (TPSA) is 81.6 Å². The molecule has 7 nitrogen and oxygen atoms in total. The van der Waals surface area contributed by atoms with E-state index in [0.29, 0.717) is 12.0 Å². The van der Waals surface area contributed by atoms with Gasteiger partial charge in [-0.25, -0.2) is 4.79 Å². The molecule has 126 valence electrons. The summed E-state index contributed by atoms with van der Waals surface area (Å²) in [5.41, 5.74) is -0.376. The number of pyridine rings is 1. The standard InChI is InChI=1S/C15H24BN3O4/c1-7-17-13(21)18-11-8-10(9-19(6)12(11)20)16-22-14(2,3)15(4,5)23-16/h8-9H,7H2,1-6H3,(H2,17,18,21). The maximum Gasteiger partial charge on any atom is 0.496 e. The van der Waals surface area contributed by atoms with Gasteiger partial charge in [-0.15, -0.1) is 0 Å². The lowest BCUT2D eigenvalue weighted by Gasteiger charge is -2.32. The zero-order valence-corrected chi connectivity index (χ0v) is 14.5. The zero-order chi connectivity index (χ0) is 17.4. The van der Waals surface area contributed by atoms with E-state index in [1.54, 1.807) is 26.2 Å². The van der Waals surface area contributed by atoms with E-state index >= 15 is 0 Å². The smallest absolute Gasteiger partial charge is 0.399 e. The molecule has 1 aromatic rings. The average Bonchev–Trinajstić information content (AvgIpc) is 2.64. The summed E-state index contributed by atoms with van der Waals surface area (Å²) in [4.78, 5) is 23.9. The summed E-state index contributed by atoms with van der Waals surface area (Å²) >= 11 is 0. The first-order valence-corrected chi connectivity index (χ1v) is 7.68. The van der Waals surface area contributed by atoms with Crippen molar-refractivity contribution in [1.82, 2.24) is 9.88 Å². The second-order valence-corrected chi connectivity index (χ2v) is 6.68. The molecule has 1 fully saturated rings. The molecular formula is C15H24BN3O4. The molecule has 1 aromatic heterocycles. The molecule has 2 amide bonds. The molecule has 2 rings (SSSR count). The van der Waals surface area contributed by atoms with E-state index in [2.05, 4.69) is 10.6 Å². The van der Waals surface area contributed by atoms with Crippen LogP contribution in [0.25, 0.3) is 0 Å². The van der Waals surface area contributed by atoms with Gasteiger partial charge in [0.1, 0.15) is 5.69 Å². The number of carbonyl (C=O) groups excluding carboxylic acids is 1. The molecule has 0 aliphatic carbocycles. The van der Waals surface area contributed by atoms with Gasteiger partial charge in [-0.2, -0.15) is 0 Å². The Balaban J connectivity index is 2.33. The Morgan fingerprint density at radius 2 is 1.83 bits per heavy atom. The Kier molecular flexibility index (Phi) is 4.59. The molecule has 1 saturated heterocycles. The molecule has 1 aliphatic rings. The van der Waals surface area contributed by atoms with E-state index < -0.39 is 24.4 Å². The zero-order valence-electron chi connectivity index (χ0n) is 14.5. The van der Waals surface area contributed by atoms with Crippen molar-refractivity contribution in [2.45, 2.75) is 45.8 Å². The Morgan fingerprint density at radius 1 is 1.26 bits per heavy atom. The van der Waals surface area contributed by atoms with Crippen molar-refractivity contribution in [3.05, 3.63) is 22.6 Å². The van der Waals surface area contributed by atoms with Gasteiger partial charge in [0.25, 0.3) is 5.56 Å². The molecule has 2 heterocycles. The van der Waals surface area contributed by atoms with Crippen molar-refractivity contribution in [1.29, 1.82) is 0 Å². The summed E-state index contributed by atoms with van der Waals surface area (Å²) in [5, 5.41) is 5.16. The summed E-state index contributed by atoms with van der Waals surface area (Å²) in [6.45, 7) is 10.1. The van der Waals surface area contributed by atoms with Gasteiger partial charge in [0.2, 0.25) is 0 Å². The summed E-state index contributed by atoms with van der Waals surface area (Å²) in [7, 11) is 1.03. The van der Waals surface area contributed by atoms with Crippen LogP contribution in [-0.2, 0) is 16.4 Å². The third kappa shape index (κ3) is 3.43. The third-order valence-electron chi connectivity index (χ3n) is 4.32. The highest BCUT2D eigenvalue weighted by molar-refractivity contribution is 6.62. The predicted octanol–water partition coefficient (Wildman–Crippen LogP) is 0.826. The van der Waals surface area contributed by atoms with Gasteiger partial charge in [0.05, 0.1) is 11.2 Å². The van der Waals surface area contributed by atoms with Crippen molar-refractivity contribution in [2.75, 3.05) is 11.9 Å². The van der Waals surface area contributed by atoms with Gasteiger partial charge in [-0.3, -0.25) is 4.79 Å². The van der Waals surface area contributed by atoms with E-state index in [1.165, 1.54) is 4.57 Å². The molecule has 2 N–H and O–H groups in total. The predicted molar refractivity (Wildman–Crippen MR) is 90.1 cm³/mol. The lowest BCUT2D eigenvalue weighted by atomic mass is 9.80. The van der Waals surface area contributed by atoms with E-state index in [0.717, 1.165) is 0 Å². The first-order valence-electron chi connectivity index (χ1n) is 7.68. The number of rotatable bonds is 3. The minimum Gasteiger partial charge on any atom is -0.399 e. The number of hydrogen-bond acceptors (Lipinski definition) is 4. The van der Waals surface area contributed by atoms with Crippen LogP contribution in [0.1, 0.15) is 34.6 Å². The van der Waals surface area contributed by atoms with Crippen LogP contribution in [0, 0.1) is 0 Å². The normalized spacial score (nSPS) is 18.8. The van der Waals surface area contributed by atoms with Crippen LogP contribution in [0.4, 0.5) is 10.5 Å². The van der Waals surface area contributed by atoms with Crippen molar-refractivity contribution >= 4 is 24.3 Å². The number of carbonyl (C=O) groups is 1. The Morgan fingerprint density at radius 3 is 2.35 bits per heavy atom. The van der Waals surface area contributed by atoms with Crippen LogP contribution in [-0.4, -0.2) is 35.5 Å². The molecule has 0 spiro atoms. The van der Waals surface area contributed by atoms with E-state index in [-0.39, 0.29) is 11.2 Å². The lowest BCUT2D eigenvalue weighted by Crippen LogP contribution is -2.41. The van der Waals surface area contributed by atoms with E-state index in [4.69, 9.17) is 9.31 Å². The molecule has 0 saturated carbocycles. The SMILES string of the molecule is CCNC(=O)Nc1cc(B2OC(C)(C)C(C)(C)O2)cn(C)c1=O. The quantitative estimate of drug-likeness (QED) is 0.808. The van der Waals surface area contributed by atoms with Gasteiger partial charge in [0, 0.05) is 25.3 Å². The van der Waals surface area contributed by atoms with Crippen LogP contribution in [0.2, 0.25) is 0 Å². The number of nitrogens with zero attached hydrogens (tertiary/aromatic N) is 1. The fourth-order valence-electron chi connectivity index (χ4n) is 2.26. The largest absolute Gasteiger partial charge is 0.496 e. The van der Waals surface area contributed by atoms with Crippen molar-refractivity contribution < 1.29 is 14.1 Å². The van der Waals surface area contributed by atoms with Crippen LogP contribution in [0.5, 0.6) is 0 Å². The Hall–Kier alpha value is -1.80. The van der Waals surface area contributed by atoms with Gasteiger partial charge in [-0.1, -0.05) is 0 Å². The second-order valence-electron chi connectivity index (χ2n) is 6.68. The third-order valence-corrected chi connectivity index (χ3v) is 4.32. The van der Waals surface area contributed by atoms with E-state index in [1.807, 2.05) is 27.7 Å². The molecule has 0 unspecified atom stereocenters. The second kappa shape index (κ2) is 6.01. The first-order chi connectivity index (χ1) is 10.6. The molecule has 0 atom stereocenters. The number of amides is 2. The maximum absolute atomic E-state index is 12.2. The minimum atomic E-state index is -0.596. The van der Waals surface area contributed by atoms with E-state index in [9.17, 15) is 9.59 Å². The average molecular weight is 321 g/mol. The van der Waals surface area contributed by atoms with Crippen LogP contribution < -0.4 is 21.7 Å². The minimum absolute atomic E-state index is 0.186. The number of nitrogens with one attached hydrogen (secondary N) is 2. The highest BCUT2D eigenvalue weighted by Gasteiger charge is 2.51. The van der Waals surface area contributed by atoms with Gasteiger partial charge in [0.15, 0.2) is 0 Å². The number of aromatic nitrogens is 1. The van der Waals surface area contributed by atoms with Crippen molar-refractivity contribution in [2.24, 2.45) is 7.05 Å². The van der Waals surface area contributed by atoms with Gasteiger partial charge >= 0.3 is 13.1 Å². The summed E-state index contributed by atoms with van der Waals surface area (Å²) < 4.78 is 13.4. The molecular weight excluding hydrogens is 297 g/mol. The maximum atomic E-state index is 12.2. The fraction of sp³-hybridized carbons (Fsp3) is 0.600. The molecule has 0 aromatic carbocycles. The Bertz CT molecular complexity index is 653. The highest BCUT2D eigenvalue weighted by Crippen LogP contribution is 2.36. The van der Waals surface area contributed by atoms with Crippen LogP contribution >= 0.6 is 0 Å². The van der Waals surface area contributed by atoms with Crippen LogP contribution in [0.15, 0.2) is 17.1 Å². The summed E-state index contributed by atoms with van der Waals surface area (Å²) in [5.74, 6) is 0. The van der Waals surface area contributed by atoms with Gasteiger partial charge in [-0.05, 0) is 40.7 Å². The lowest BCUT2D eigenvalue weighted by molar-refractivity contribution is 0.00578. The number of aryl methyl sites for hydroxylation is 1. The van der Waals surface area contributed by atoms with Gasteiger partial charge < -0.3 is 24.5 Å². The molecule has 23 heavy (non-hydrogen) atoms. The van der Waals surface area contributed by atoms with Crippen molar-refractivity contribution in [3.63, 3.8) is 0 Å². The highest BCUT2D eigenvalue weighted by atomic mass is 16.7. The molecule has 1 aliphatic heterocycles. The fourth-order valence-corrected chi connectivity index (χ4v) is 2.26. The van der Waals surface area contributed by atoms with Crippen LogP contribution in [0.3, 0.4) is 0 Å². The summed E-state index contributed by atoms with van der Waals surface area (Å²) in [6.07, 6.45) is 1.66. The number of anilines is 1. The molecule has 0 radical (unpaired) electrons. The van der Waals surface area contributed by atoms with Crippen molar-refractivity contribution in [3.8, 4) is 0 Å². The first kappa shape index (κ1) is 17.6. The molecule has 0 bridgehead atoms.